The number of carbonyl (C=O) groups is 1. The highest BCUT2D eigenvalue weighted by Gasteiger charge is 2.52. The van der Waals surface area contributed by atoms with Crippen LogP contribution >= 0.6 is 0 Å². The Bertz CT molecular complexity index is 880. The molecule has 0 N–H and O–H groups in total. The molecule has 0 unspecified atom stereocenters. The molecule has 3 nitrogen and oxygen atoms in total. The Morgan fingerprint density at radius 1 is 0.786 bits per heavy atom. The molecular formula is C24H27BO3. The van der Waals surface area contributed by atoms with Crippen LogP contribution in [0.25, 0.3) is 5.57 Å². The minimum atomic E-state index is -0.461. The lowest BCUT2D eigenvalue weighted by Crippen LogP contribution is -2.41. The van der Waals surface area contributed by atoms with Gasteiger partial charge in [-0.05, 0) is 57.3 Å². The van der Waals surface area contributed by atoms with Crippen LogP contribution in [0.4, 0.5) is 0 Å². The molecule has 2 aromatic rings. The Hall–Kier alpha value is -2.43. The van der Waals surface area contributed by atoms with E-state index in [2.05, 4.69) is 0 Å². The highest BCUT2D eigenvalue weighted by molar-refractivity contribution is 6.56. The molecule has 0 aromatic heterocycles. The Balaban J connectivity index is 1.97. The second kappa shape index (κ2) is 7.90. The molecular weight excluding hydrogens is 347 g/mol. The van der Waals surface area contributed by atoms with E-state index < -0.39 is 18.3 Å². The third-order valence-electron chi connectivity index (χ3n) is 5.58. The predicted octanol–water partition coefficient (Wildman–Crippen LogP) is 5.53. The van der Waals surface area contributed by atoms with Crippen LogP contribution in [0.5, 0.6) is 0 Å². The van der Waals surface area contributed by atoms with E-state index in [-0.39, 0.29) is 5.78 Å². The zero-order valence-electron chi connectivity index (χ0n) is 17.2. The number of allylic oxidation sites excluding steroid dienone is 4. The average molecular weight is 374 g/mol. The van der Waals surface area contributed by atoms with Crippen molar-refractivity contribution in [2.45, 2.75) is 45.8 Å². The minimum absolute atomic E-state index is 0.0317. The normalized spacial score (nSPS) is 19.0. The van der Waals surface area contributed by atoms with Crippen molar-refractivity contribution < 1.29 is 14.1 Å². The van der Waals surface area contributed by atoms with Crippen LogP contribution in [0, 0.1) is 0 Å². The minimum Gasteiger partial charge on any atom is -0.400 e. The summed E-state index contributed by atoms with van der Waals surface area (Å²) >= 11 is 0. The van der Waals surface area contributed by atoms with E-state index in [9.17, 15) is 4.79 Å². The molecule has 1 aliphatic heterocycles. The van der Waals surface area contributed by atoms with Crippen LogP contribution in [0.1, 0.15) is 50.5 Å². The van der Waals surface area contributed by atoms with Gasteiger partial charge in [-0.15, -0.1) is 0 Å². The Labute approximate surface area is 168 Å². The van der Waals surface area contributed by atoms with Crippen molar-refractivity contribution in [3.8, 4) is 0 Å². The third-order valence-corrected chi connectivity index (χ3v) is 5.58. The molecule has 0 radical (unpaired) electrons. The van der Waals surface area contributed by atoms with Gasteiger partial charge in [-0.1, -0.05) is 66.7 Å². The smallest absolute Gasteiger partial charge is 0.400 e. The first-order chi connectivity index (χ1) is 13.2. The van der Waals surface area contributed by atoms with Crippen molar-refractivity contribution in [3.63, 3.8) is 0 Å². The Morgan fingerprint density at radius 3 is 1.75 bits per heavy atom. The van der Waals surface area contributed by atoms with Gasteiger partial charge in [-0.25, -0.2) is 0 Å². The number of hydrogen-bond donors (Lipinski definition) is 0. The summed E-state index contributed by atoms with van der Waals surface area (Å²) in [6.07, 6.45) is 3.48. The fraction of sp³-hybridized carbons (Fsp3) is 0.292. The number of hydrogen-bond acceptors (Lipinski definition) is 3. The molecule has 0 spiro atoms. The molecule has 1 heterocycles. The van der Waals surface area contributed by atoms with E-state index >= 15 is 0 Å². The first-order valence-electron chi connectivity index (χ1n) is 9.60. The lowest BCUT2D eigenvalue weighted by atomic mass is 9.74. The molecule has 3 rings (SSSR count). The summed E-state index contributed by atoms with van der Waals surface area (Å²) < 4.78 is 12.4. The summed E-state index contributed by atoms with van der Waals surface area (Å²) in [6, 6.07) is 19.3. The molecule has 28 heavy (non-hydrogen) atoms. The highest BCUT2D eigenvalue weighted by atomic mass is 16.7. The number of carbonyl (C=O) groups excluding carboxylic acids is 1. The largest absolute Gasteiger partial charge is 0.490 e. The number of rotatable bonds is 5. The summed E-state index contributed by atoms with van der Waals surface area (Å²) in [5, 5.41) is 0. The van der Waals surface area contributed by atoms with Gasteiger partial charge in [-0.3, -0.25) is 4.79 Å². The van der Waals surface area contributed by atoms with Crippen molar-refractivity contribution >= 4 is 18.5 Å². The summed E-state index contributed by atoms with van der Waals surface area (Å²) in [4.78, 5) is 12.6. The molecule has 0 bridgehead atoms. The van der Waals surface area contributed by atoms with Gasteiger partial charge in [0.1, 0.15) is 0 Å². The highest BCUT2D eigenvalue weighted by Crippen LogP contribution is 2.40. The standard InChI is InChI=1S/C24H27BO3/c1-18(25-27-23(2,3)24(4,5)28-25)21(19-12-8-6-9-13-19)16-17-22(26)20-14-10-7-11-15-20/h6-17H,1-5H3. The lowest BCUT2D eigenvalue weighted by Gasteiger charge is -2.32. The summed E-state index contributed by atoms with van der Waals surface area (Å²) in [5.74, 6) is -0.0317. The average Bonchev–Trinajstić information content (AvgIpc) is 2.90. The SMILES string of the molecule is CC(B1OC(C)(C)C(C)(C)O1)=C(C=CC(=O)c1ccccc1)c1ccccc1. The van der Waals surface area contributed by atoms with Crippen molar-refractivity contribution in [1.82, 2.24) is 0 Å². The Morgan fingerprint density at radius 2 is 1.25 bits per heavy atom. The van der Waals surface area contributed by atoms with Crippen LogP contribution in [-0.2, 0) is 9.31 Å². The maximum absolute atomic E-state index is 12.6. The van der Waals surface area contributed by atoms with E-state index in [4.69, 9.17) is 9.31 Å². The van der Waals surface area contributed by atoms with E-state index in [1.54, 1.807) is 6.08 Å². The molecule has 1 fully saturated rings. The molecule has 0 amide bonds. The van der Waals surface area contributed by atoms with Crippen LogP contribution < -0.4 is 0 Å². The van der Waals surface area contributed by atoms with Crippen molar-refractivity contribution in [3.05, 3.63) is 89.4 Å². The van der Waals surface area contributed by atoms with Crippen LogP contribution in [-0.4, -0.2) is 24.1 Å². The van der Waals surface area contributed by atoms with Gasteiger partial charge >= 0.3 is 7.12 Å². The molecule has 0 saturated carbocycles. The summed E-state index contributed by atoms with van der Waals surface area (Å²) in [7, 11) is -0.461. The van der Waals surface area contributed by atoms with Gasteiger partial charge in [0.15, 0.2) is 5.78 Å². The van der Waals surface area contributed by atoms with Gasteiger partial charge < -0.3 is 9.31 Å². The maximum atomic E-state index is 12.6. The van der Waals surface area contributed by atoms with E-state index in [1.165, 1.54) is 0 Å². The van der Waals surface area contributed by atoms with Gasteiger partial charge in [-0.2, -0.15) is 0 Å². The van der Waals surface area contributed by atoms with Gasteiger partial charge in [0.05, 0.1) is 11.2 Å². The maximum Gasteiger partial charge on any atom is 0.490 e. The number of ketones is 1. The second-order valence-corrected chi connectivity index (χ2v) is 8.11. The fourth-order valence-electron chi connectivity index (χ4n) is 3.08. The predicted molar refractivity (Wildman–Crippen MR) is 115 cm³/mol. The lowest BCUT2D eigenvalue weighted by molar-refractivity contribution is 0.00578. The summed E-state index contributed by atoms with van der Waals surface area (Å²) in [6.45, 7) is 10.2. The van der Waals surface area contributed by atoms with E-state index in [1.807, 2.05) is 101 Å². The monoisotopic (exact) mass is 374 g/mol. The van der Waals surface area contributed by atoms with Gasteiger partial charge in [0.25, 0.3) is 0 Å². The van der Waals surface area contributed by atoms with Crippen molar-refractivity contribution in [1.29, 1.82) is 0 Å². The van der Waals surface area contributed by atoms with E-state index in [0.717, 1.165) is 16.6 Å². The van der Waals surface area contributed by atoms with Gasteiger partial charge in [0.2, 0.25) is 0 Å². The zero-order chi connectivity index (χ0) is 20.4. The van der Waals surface area contributed by atoms with Crippen LogP contribution in [0.3, 0.4) is 0 Å². The summed E-state index contributed by atoms with van der Waals surface area (Å²) in [5.41, 5.74) is 2.74. The molecule has 1 saturated heterocycles. The molecule has 2 aromatic carbocycles. The second-order valence-electron chi connectivity index (χ2n) is 8.11. The first kappa shape index (κ1) is 20.3. The van der Waals surface area contributed by atoms with Crippen molar-refractivity contribution in [2.75, 3.05) is 0 Å². The molecule has 4 heteroatoms. The van der Waals surface area contributed by atoms with Gasteiger partial charge in [0, 0.05) is 5.56 Å². The molecule has 0 atom stereocenters. The van der Waals surface area contributed by atoms with Crippen LogP contribution in [0.2, 0.25) is 0 Å². The van der Waals surface area contributed by atoms with E-state index in [0.29, 0.717) is 5.56 Å². The van der Waals surface area contributed by atoms with Crippen molar-refractivity contribution in [2.24, 2.45) is 0 Å². The Kier molecular flexibility index (Phi) is 5.73. The van der Waals surface area contributed by atoms with Crippen LogP contribution in [0.15, 0.2) is 78.3 Å². The molecule has 0 aliphatic carbocycles. The topological polar surface area (TPSA) is 35.5 Å². The molecule has 1 aliphatic rings. The fourth-order valence-corrected chi connectivity index (χ4v) is 3.08. The zero-order valence-corrected chi connectivity index (χ0v) is 17.2. The molecule has 144 valence electrons. The third kappa shape index (κ3) is 4.19. The number of benzene rings is 2. The first-order valence-corrected chi connectivity index (χ1v) is 9.60. The quantitative estimate of drug-likeness (QED) is 0.299.